The summed E-state index contributed by atoms with van der Waals surface area (Å²) in [5, 5.41) is 7.78. The van der Waals surface area contributed by atoms with Crippen LogP contribution in [0.1, 0.15) is 35.0 Å². The largest absolute Gasteiger partial charge is 0.389 e. The average molecular weight is 318 g/mol. The molecule has 8 heteroatoms. The minimum Gasteiger partial charge on any atom is -0.389 e. The van der Waals surface area contributed by atoms with E-state index < -0.39 is 0 Å². The highest BCUT2D eigenvalue weighted by molar-refractivity contribution is 6.40. The predicted octanol–water partition coefficient (Wildman–Crippen LogP) is 0.467. The molecule has 0 radical (unpaired) electrons. The van der Waals surface area contributed by atoms with Gasteiger partial charge in [0, 0.05) is 32.6 Å². The monoisotopic (exact) mass is 318 g/mol. The molecule has 0 aromatic carbocycles. The van der Waals surface area contributed by atoms with Gasteiger partial charge in [-0.05, 0) is 12.8 Å². The predicted molar refractivity (Wildman–Crippen MR) is 78.9 cm³/mol. The summed E-state index contributed by atoms with van der Waals surface area (Å²) in [5.41, 5.74) is 0.707. The van der Waals surface area contributed by atoms with Crippen LogP contribution in [0.5, 0.6) is 0 Å². The zero-order valence-corrected chi connectivity index (χ0v) is 13.1. The lowest BCUT2D eigenvalue weighted by Crippen LogP contribution is -2.36. The van der Waals surface area contributed by atoms with Crippen LogP contribution in [-0.4, -0.2) is 65.8 Å². The molecule has 0 spiro atoms. The van der Waals surface area contributed by atoms with E-state index in [9.17, 15) is 9.59 Å². The van der Waals surface area contributed by atoms with Crippen molar-refractivity contribution < 1.29 is 18.9 Å². The van der Waals surface area contributed by atoms with Crippen LogP contribution in [0.3, 0.4) is 0 Å². The Kier molecular flexibility index (Phi) is 3.14. The average Bonchev–Trinajstić information content (AvgIpc) is 2.98. The number of rotatable bonds is 3. The van der Waals surface area contributed by atoms with Crippen LogP contribution >= 0.6 is 0 Å². The van der Waals surface area contributed by atoms with Gasteiger partial charge in [0.05, 0.1) is 12.5 Å². The fourth-order valence-electron chi connectivity index (χ4n) is 3.04. The van der Waals surface area contributed by atoms with Crippen LogP contribution in [0.25, 0.3) is 0 Å². The third-order valence-electron chi connectivity index (χ3n) is 4.54. The maximum atomic E-state index is 12.6. The molecule has 122 valence electrons. The first-order chi connectivity index (χ1) is 11.0. The molecule has 4 rings (SSSR count). The van der Waals surface area contributed by atoms with Crippen molar-refractivity contribution in [2.45, 2.75) is 24.9 Å². The van der Waals surface area contributed by atoms with Crippen LogP contribution in [0.4, 0.5) is 0 Å². The summed E-state index contributed by atoms with van der Waals surface area (Å²) in [4.78, 5) is 33.1. The number of fused-ring (bicyclic) bond motifs is 1. The molecule has 2 aliphatic heterocycles. The molecule has 3 heterocycles. The number of nitrogens with zero attached hydrogens (tertiary/aromatic N) is 4. The first-order valence-electron chi connectivity index (χ1n) is 7.76. The summed E-state index contributed by atoms with van der Waals surface area (Å²) in [6, 6.07) is 1.73. The van der Waals surface area contributed by atoms with Gasteiger partial charge in [-0.1, -0.05) is 10.3 Å². The van der Waals surface area contributed by atoms with Crippen molar-refractivity contribution in [3.8, 4) is 0 Å². The Bertz CT molecular complexity index is 691. The fraction of sp³-hybridized carbons (Fsp3) is 0.600. The number of hydrogen-bond acceptors (Lipinski definition) is 6. The summed E-state index contributed by atoms with van der Waals surface area (Å²) >= 11 is 0. The minimum absolute atomic E-state index is 0.177. The topological polar surface area (TPSA) is 88.2 Å². The molecule has 1 aliphatic carbocycles. The molecule has 1 saturated heterocycles. The van der Waals surface area contributed by atoms with E-state index >= 15 is 0 Å². The Morgan fingerprint density at radius 1 is 1.30 bits per heavy atom. The number of likely N-dealkylation sites (tertiary alicyclic amines) is 1. The zero-order chi connectivity index (χ0) is 16.1. The van der Waals surface area contributed by atoms with Gasteiger partial charge in [0.2, 0.25) is 0 Å². The third-order valence-corrected chi connectivity index (χ3v) is 4.54. The maximum Gasteiger partial charge on any atom is 0.276 e. The number of aromatic nitrogens is 1. The van der Waals surface area contributed by atoms with Gasteiger partial charge >= 0.3 is 0 Å². The molecule has 3 aliphatic rings. The summed E-state index contributed by atoms with van der Waals surface area (Å²) in [5.74, 6) is 0.666. The maximum absolute atomic E-state index is 12.6. The standard InChI is InChI=1S/C15H18N4O4/c1-18(2)15(21)13-9-6-19(7-12(9)23-17-13)14(20)10-5-11(22-16-10)8-3-4-8/h5,8-9,12H,3-4,6-7H2,1-2H3/t9-,12+/m0/s1. The highest BCUT2D eigenvalue weighted by Gasteiger charge is 2.47. The first kappa shape index (κ1) is 14.2. The number of oxime groups is 1. The lowest BCUT2D eigenvalue weighted by Gasteiger charge is -2.15. The lowest BCUT2D eigenvalue weighted by atomic mass is 10.00. The van der Waals surface area contributed by atoms with E-state index in [1.165, 1.54) is 4.90 Å². The number of carbonyl (C=O) groups excluding carboxylic acids is 2. The van der Waals surface area contributed by atoms with Gasteiger partial charge in [-0.25, -0.2) is 0 Å². The Hall–Kier alpha value is -2.38. The van der Waals surface area contributed by atoms with E-state index in [1.807, 2.05) is 0 Å². The van der Waals surface area contributed by atoms with E-state index in [2.05, 4.69) is 10.3 Å². The summed E-state index contributed by atoms with van der Waals surface area (Å²) in [6.07, 6.45) is 1.93. The normalized spacial score (nSPS) is 25.8. The molecular weight excluding hydrogens is 300 g/mol. The van der Waals surface area contributed by atoms with E-state index in [4.69, 9.17) is 9.36 Å². The van der Waals surface area contributed by atoms with Crippen LogP contribution in [0.15, 0.2) is 15.7 Å². The fourth-order valence-corrected chi connectivity index (χ4v) is 3.04. The molecule has 0 N–H and O–H groups in total. The highest BCUT2D eigenvalue weighted by atomic mass is 16.6. The summed E-state index contributed by atoms with van der Waals surface area (Å²) in [7, 11) is 3.34. The molecule has 23 heavy (non-hydrogen) atoms. The van der Waals surface area contributed by atoms with Crippen LogP contribution in [0.2, 0.25) is 0 Å². The zero-order valence-electron chi connectivity index (χ0n) is 13.1. The van der Waals surface area contributed by atoms with Crippen molar-refractivity contribution in [2.75, 3.05) is 27.2 Å². The highest BCUT2D eigenvalue weighted by Crippen LogP contribution is 2.40. The Labute approximate surface area is 133 Å². The second kappa shape index (κ2) is 5.07. The van der Waals surface area contributed by atoms with Gasteiger partial charge in [-0.3, -0.25) is 9.59 Å². The number of amides is 2. The van der Waals surface area contributed by atoms with E-state index in [0.29, 0.717) is 30.4 Å². The van der Waals surface area contributed by atoms with Crippen LogP contribution in [0, 0.1) is 5.92 Å². The SMILES string of the molecule is CN(C)C(=O)C1=NO[C@@H]2CN(C(=O)c3cc(C4CC4)on3)C[C@H]12. The van der Waals surface area contributed by atoms with Gasteiger partial charge in [0.15, 0.2) is 17.5 Å². The van der Waals surface area contributed by atoms with Gasteiger partial charge in [-0.2, -0.15) is 0 Å². The Morgan fingerprint density at radius 3 is 2.78 bits per heavy atom. The molecule has 1 aromatic rings. The van der Waals surface area contributed by atoms with Crippen molar-refractivity contribution in [3.63, 3.8) is 0 Å². The second-order valence-corrected chi connectivity index (χ2v) is 6.53. The molecule has 0 bridgehead atoms. The van der Waals surface area contributed by atoms with Gasteiger partial charge in [-0.15, -0.1) is 0 Å². The van der Waals surface area contributed by atoms with Crippen molar-refractivity contribution in [1.82, 2.24) is 15.0 Å². The van der Waals surface area contributed by atoms with E-state index in [0.717, 1.165) is 18.6 Å². The second-order valence-electron chi connectivity index (χ2n) is 6.53. The van der Waals surface area contributed by atoms with Crippen molar-refractivity contribution in [1.29, 1.82) is 0 Å². The summed E-state index contributed by atoms with van der Waals surface area (Å²) < 4.78 is 5.24. The van der Waals surface area contributed by atoms with Gasteiger partial charge in [0.1, 0.15) is 5.76 Å². The first-order valence-corrected chi connectivity index (χ1v) is 7.76. The Morgan fingerprint density at radius 2 is 2.09 bits per heavy atom. The third kappa shape index (κ3) is 2.38. The lowest BCUT2D eigenvalue weighted by molar-refractivity contribution is -0.122. The van der Waals surface area contributed by atoms with E-state index in [-0.39, 0.29) is 23.8 Å². The van der Waals surface area contributed by atoms with Crippen molar-refractivity contribution in [2.24, 2.45) is 11.1 Å². The molecule has 0 unspecified atom stereocenters. The van der Waals surface area contributed by atoms with Crippen molar-refractivity contribution in [3.05, 3.63) is 17.5 Å². The quantitative estimate of drug-likeness (QED) is 0.808. The van der Waals surface area contributed by atoms with Crippen LogP contribution < -0.4 is 0 Å². The number of carbonyl (C=O) groups is 2. The smallest absolute Gasteiger partial charge is 0.276 e. The number of hydrogen-bond donors (Lipinski definition) is 0. The minimum atomic E-state index is -0.257. The van der Waals surface area contributed by atoms with Crippen molar-refractivity contribution >= 4 is 17.5 Å². The molecule has 2 amide bonds. The van der Waals surface area contributed by atoms with Crippen LogP contribution in [-0.2, 0) is 9.63 Å². The summed E-state index contributed by atoms with van der Waals surface area (Å²) in [6.45, 7) is 0.816. The molecule has 2 fully saturated rings. The molecule has 1 aromatic heterocycles. The van der Waals surface area contributed by atoms with Gasteiger partial charge in [0.25, 0.3) is 11.8 Å². The van der Waals surface area contributed by atoms with E-state index in [1.54, 1.807) is 25.1 Å². The van der Waals surface area contributed by atoms with Gasteiger partial charge < -0.3 is 19.2 Å². The molecule has 1 saturated carbocycles. The molecule has 8 nitrogen and oxygen atoms in total. The molecular formula is C15H18N4O4. The Balaban J connectivity index is 1.46. The molecule has 2 atom stereocenters.